The molecule has 0 bridgehead atoms. The van der Waals surface area contributed by atoms with Gasteiger partial charge in [0.15, 0.2) is 0 Å². The molecule has 3 aromatic rings. The minimum absolute atomic E-state index is 1.01. The molecular weight excluding hydrogens is 514 g/mol. The van der Waals surface area contributed by atoms with Crippen LogP contribution in [0.1, 0.15) is 0 Å². The topological polar surface area (TPSA) is 0 Å². The van der Waals surface area contributed by atoms with E-state index in [1.54, 1.807) is 0 Å². The third-order valence-electron chi connectivity index (χ3n) is 4.15. The number of hydrogen-bond acceptors (Lipinski definition) is 0. The van der Waals surface area contributed by atoms with Gasteiger partial charge in [0.2, 0.25) is 0 Å². The smallest absolute Gasteiger partial charge is 0.0271 e. The summed E-state index contributed by atoms with van der Waals surface area (Å²) in [5.41, 5.74) is 0. The highest BCUT2D eigenvalue weighted by Crippen LogP contribution is 2.47. The van der Waals surface area contributed by atoms with Gasteiger partial charge in [-0.15, -0.1) is 0 Å². The fraction of sp³-hybridized carbons (Fsp3) is 0. The van der Waals surface area contributed by atoms with E-state index in [1.165, 1.54) is 20.1 Å². The van der Waals surface area contributed by atoms with Crippen LogP contribution in [0.2, 0.25) is 0 Å². The second-order valence-electron chi connectivity index (χ2n) is 5.78. The van der Waals surface area contributed by atoms with Gasteiger partial charge in [-0.05, 0) is 73.5 Å². The van der Waals surface area contributed by atoms with Crippen molar-refractivity contribution in [3.05, 3.63) is 113 Å². The minimum atomic E-state index is -2.00. The molecule has 0 heterocycles. The van der Waals surface area contributed by atoms with Crippen molar-refractivity contribution in [3.8, 4) is 0 Å². The molecule has 0 aromatic heterocycles. The summed E-state index contributed by atoms with van der Waals surface area (Å²) in [6, 6.07) is 32.4. The molecule has 3 heteroatoms. The van der Waals surface area contributed by atoms with E-state index in [2.05, 4.69) is 148 Å². The second kappa shape index (κ2) is 9.03. The fourth-order valence-electron chi connectivity index (χ4n) is 3.04. The first-order valence-electron chi connectivity index (χ1n) is 8.27. The predicted molar refractivity (Wildman–Crippen MR) is 131 cm³/mol. The Labute approximate surface area is 177 Å². The Morgan fingerprint density at radius 2 is 1.04 bits per heavy atom. The Kier molecular flexibility index (Phi) is 6.74. The molecule has 0 atom stereocenters. The average molecular weight is 533 g/mol. The molecule has 0 aliphatic rings. The zero-order valence-electron chi connectivity index (χ0n) is 14.2. The Hall–Kier alpha value is -1.35. The lowest BCUT2D eigenvalue weighted by molar-refractivity contribution is 1.73. The van der Waals surface area contributed by atoms with Gasteiger partial charge < -0.3 is 0 Å². The third-order valence-corrected chi connectivity index (χ3v) is 10.4. The molecule has 130 valence electrons. The number of halogens is 2. The molecule has 0 saturated heterocycles. The van der Waals surface area contributed by atoms with Crippen LogP contribution in [0.4, 0.5) is 0 Å². The Bertz CT molecular complexity index is 857. The van der Waals surface area contributed by atoms with Crippen LogP contribution in [0.5, 0.6) is 0 Å². The second-order valence-corrected chi connectivity index (χ2v) is 12.0. The number of allylic oxidation sites excluding steroid dienone is 3. The van der Waals surface area contributed by atoms with E-state index >= 15 is 0 Å². The zero-order chi connectivity index (χ0) is 18.4. The van der Waals surface area contributed by atoms with Gasteiger partial charge in [-0.25, -0.2) is 0 Å². The van der Waals surface area contributed by atoms with Gasteiger partial charge >= 0.3 is 0 Å². The first-order chi connectivity index (χ1) is 12.7. The first kappa shape index (κ1) is 19.4. The van der Waals surface area contributed by atoms with E-state index in [1.807, 2.05) is 0 Å². The summed E-state index contributed by atoms with van der Waals surface area (Å²) in [5, 5.41) is 3.98. The first-order valence-corrected chi connectivity index (χ1v) is 11.9. The molecule has 3 rings (SSSR count). The lowest BCUT2D eigenvalue weighted by atomic mass is 10.4. The summed E-state index contributed by atoms with van der Waals surface area (Å²) < 4.78 is 2.19. The summed E-state index contributed by atoms with van der Waals surface area (Å²) >= 11 is 6.22. The predicted octanol–water partition coefficient (Wildman–Crippen LogP) is 6.01. The normalized spacial score (nSPS) is 11.5. The molecule has 0 nitrogen and oxygen atoms in total. The van der Waals surface area contributed by atoms with Crippen molar-refractivity contribution in [2.45, 2.75) is 0 Å². The van der Waals surface area contributed by atoms with Crippen LogP contribution in [-0.4, -0.2) is 4.20 Å². The lowest BCUT2D eigenvalue weighted by Gasteiger charge is -2.30. The van der Waals surface area contributed by atoms with Gasteiger partial charge in [0.1, 0.15) is 0 Å². The van der Waals surface area contributed by atoms with E-state index < -0.39 is 6.89 Å². The van der Waals surface area contributed by atoms with Crippen molar-refractivity contribution in [1.29, 1.82) is 0 Å². The quantitative estimate of drug-likeness (QED) is 0.214. The molecular formula is C23H19BrIP. The highest BCUT2D eigenvalue weighted by Gasteiger charge is 2.27. The summed E-state index contributed by atoms with van der Waals surface area (Å²) in [7, 11) is 0. The van der Waals surface area contributed by atoms with E-state index in [0.29, 0.717) is 0 Å². The van der Waals surface area contributed by atoms with Gasteiger partial charge in [0, 0.05) is 7.78 Å². The van der Waals surface area contributed by atoms with Crippen molar-refractivity contribution >= 4 is 65.5 Å². The van der Waals surface area contributed by atoms with Gasteiger partial charge in [0.25, 0.3) is 0 Å². The highest BCUT2D eigenvalue weighted by molar-refractivity contribution is 14.1. The third kappa shape index (κ3) is 3.98. The molecule has 26 heavy (non-hydrogen) atoms. The molecule has 0 radical (unpaired) electrons. The van der Waals surface area contributed by atoms with Crippen molar-refractivity contribution in [2.24, 2.45) is 0 Å². The average Bonchev–Trinajstić information content (AvgIpc) is 2.69. The van der Waals surface area contributed by atoms with Gasteiger partial charge in [-0.2, -0.15) is 0 Å². The molecule has 0 amide bonds. The maximum absolute atomic E-state index is 4.01. The van der Waals surface area contributed by atoms with Crippen molar-refractivity contribution in [2.75, 3.05) is 0 Å². The fourth-order valence-corrected chi connectivity index (χ4v) is 8.99. The van der Waals surface area contributed by atoms with Crippen LogP contribution in [0.15, 0.2) is 113 Å². The summed E-state index contributed by atoms with van der Waals surface area (Å²) in [5.74, 6) is 0. The highest BCUT2D eigenvalue weighted by atomic mass is 127. The monoisotopic (exact) mass is 532 g/mol. The van der Waals surface area contributed by atoms with E-state index in [-0.39, 0.29) is 0 Å². The summed E-state index contributed by atoms with van der Waals surface area (Å²) in [6.07, 6.45) is 4.23. The van der Waals surface area contributed by atoms with Gasteiger partial charge in [-0.3, -0.25) is 0 Å². The lowest BCUT2D eigenvalue weighted by Crippen LogP contribution is -2.28. The van der Waals surface area contributed by atoms with E-state index in [0.717, 1.165) is 3.58 Å². The van der Waals surface area contributed by atoms with Crippen LogP contribution in [0.25, 0.3) is 0 Å². The standard InChI is InChI=1S/C23H19BrIP/c1-19(25)17-18-23(24)26(20-11-5-2-6-12-20,21-13-7-3-8-14-21)22-15-9-4-10-16-22/h2-18H,1H2/b18-17-. The maximum Gasteiger partial charge on any atom is 0.0271 e. The molecule has 0 N–H and O–H groups in total. The SMILES string of the molecule is C=C(I)/C=C\C(Br)=P(c1ccccc1)(c1ccccc1)c1ccccc1. The van der Waals surface area contributed by atoms with Crippen LogP contribution < -0.4 is 15.9 Å². The van der Waals surface area contributed by atoms with E-state index in [9.17, 15) is 0 Å². The molecule has 0 saturated carbocycles. The van der Waals surface area contributed by atoms with Crippen molar-refractivity contribution in [1.82, 2.24) is 0 Å². The summed E-state index contributed by atoms with van der Waals surface area (Å²) in [4.78, 5) is 0. The molecule has 0 aliphatic carbocycles. The van der Waals surface area contributed by atoms with Crippen LogP contribution >= 0.6 is 45.4 Å². The van der Waals surface area contributed by atoms with Gasteiger partial charge in [-0.1, -0.05) is 97.6 Å². The zero-order valence-corrected chi connectivity index (χ0v) is 18.9. The van der Waals surface area contributed by atoms with Crippen LogP contribution in [-0.2, 0) is 0 Å². The maximum atomic E-state index is 4.01. The van der Waals surface area contributed by atoms with Crippen molar-refractivity contribution in [3.63, 3.8) is 0 Å². The summed E-state index contributed by atoms with van der Waals surface area (Å²) in [6.45, 7) is 2.01. The number of hydrogen-bond donors (Lipinski definition) is 0. The Balaban J connectivity index is 2.48. The number of rotatable bonds is 5. The van der Waals surface area contributed by atoms with Crippen molar-refractivity contribution < 1.29 is 0 Å². The minimum Gasteiger partial charge on any atom is -0.0856 e. The van der Waals surface area contributed by atoms with Gasteiger partial charge in [0.05, 0.1) is 0 Å². The largest absolute Gasteiger partial charge is 0.0856 e. The molecule has 0 spiro atoms. The Morgan fingerprint density at radius 3 is 1.35 bits per heavy atom. The number of benzene rings is 3. The van der Waals surface area contributed by atoms with Crippen LogP contribution in [0.3, 0.4) is 0 Å². The molecule has 3 aromatic carbocycles. The molecule has 0 aliphatic heterocycles. The Morgan fingerprint density at radius 1 is 0.692 bits per heavy atom. The van der Waals surface area contributed by atoms with Crippen LogP contribution in [0, 0.1) is 0 Å². The molecule has 0 unspecified atom stereocenters. The van der Waals surface area contributed by atoms with E-state index in [4.69, 9.17) is 0 Å². The molecule has 0 fully saturated rings.